The number of nitrogens with one attached hydrogen (secondary N) is 2. The van der Waals surface area contributed by atoms with E-state index in [4.69, 9.17) is 0 Å². The molecule has 2 aromatic rings. The summed E-state index contributed by atoms with van der Waals surface area (Å²) in [4.78, 5) is 33.9. The van der Waals surface area contributed by atoms with Crippen LogP contribution in [0, 0.1) is 18.8 Å². The second-order valence-electron chi connectivity index (χ2n) is 7.24. The second-order valence-corrected chi connectivity index (χ2v) is 9.43. The number of aromatic nitrogens is 2. The molecule has 0 aliphatic carbocycles. The molecule has 0 bridgehead atoms. The number of carbonyl (C=O) groups excluding carboxylic acids is 1. The van der Waals surface area contributed by atoms with E-state index in [-0.39, 0.29) is 11.5 Å². The van der Waals surface area contributed by atoms with Gasteiger partial charge in [-0.15, -0.1) is 23.1 Å². The average molecular weight is 396 g/mol. The lowest BCUT2D eigenvalue weighted by Gasteiger charge is -2.08. The van der Waals surface area contributed by atoms with Crippen molar-refractivity contribution in [3.63, 3.8) is 0 Å². The van der Waals surface area contributed by atoms with Crippen molar-refractivity contribution in [1.82, 2.24) is 15.3 Å². The normalized spacial score (nSPS) is 12.7. The molecule has 5 nitrogen and oxygen atoms in total. The van der Waals surface area contributed by atoms with Crippen molar-refractivity contribution in [2.45, 2.75) is 53.2 Å². The van der Waals surface area contributed by atoms with E-state index in [0.717, 1.165) is 28.6 Å². The van der Waals surface area contributed by atoms with Crippen LogP contribution in [0.25, 0.3) is 10.2 Å². The molecule has 0 saturated carbocycles. The van der Waals surface area contributed by atoms with E-state index >= 15 is 0 Å². The highest BCUT2D eigenvalue weighted by Gasteiger charge is 2.17. The van der Waals surface area contributed by atoms with Crippen molar-refractivity contribution in [3.05, 3.63) is 26.6 Å². The molecule has 2 aromatic heterocycles. The Labute approximate surface area is 163 Å². The zero-order valence-corrected chi connectivity index (χ0v) is 17.9. The van der Waals surface area contributed by atoms with Gasteiger partial charge >= 0.3 is 0 Å². The van der Waals surface area contributed by atoms with Crippen molar-refractivity contribution < 1.29 is 4.79 Å². The molecule has 0 aliphatic heterocycles. The van der Waals surface area contributed by atoms with Crippen molar-refractivity contribution in [2.24, 2.45) is 11.8 Å². The van der Waals surface area contributed by atoms with Crippen LogP contribution in [0.3, 0.4) is 0 Å². The summed E-state index contributed by atoms with van der Waals surface area (Å²) in [6.07, 6.45) is 2.01. The van der Waals surface area contributed by atoms with Gasteiger partial charge in [0, 0.05) is 11.4 Å². The van der Waals surface area contributed by atoms with E-state index in [9.17, 15) is 9.59 Å². The predicted octanol–water partition coefficient (Wildman–Crippen LogP) is 3.89. The third-order valence-electron chi connectivity index (χ3n) is 4.34. The summed E-state index contributed by atoms with van der Waals surface area (Å²) in [5.41, 5.74) is 1.08. The number of carbonyl (C=O) groups is 1. The third kappa shape index (κ3) is 5.58. The maximum absolute atomic E-state index is 12.6. The number of hydrogen-bond acceptors (Lipinski definition) is 5. The summed E-state index contributed by atoms with van der Waals surface area (Å²) >= 11 is 3.06. The summed E-state index contributed by atoms with van der Waals surface area (Å²) in [6, 6.07) is 0. The van der Waals surface area contributed by atoms with Gasteiger partial charge in [0.2, 0.25) is 5.91 Å². The summed E-state index contributed by atoms with van der Waals surface area (Å²) in [5, 5.41) is 3.64. The first-order chi connectivity index (χ1) is 12.3. The highest BCUT2D eigenvalue weighted by atomic mass is 32.2. The Balaban J connectivity index is 2.07. The minimum Gasteiger partial charge on any atom is -0.355 e. The summed E-state index contributed by atoms with van der Waals surface area (Å²) < 4.78 is 0. The Morgan fingerprint density at radius 3 is 2.73 bits per heavy atom. The number of fused-ring (bicyclic) bond motifs is 1. The van der Waals surface area contributed by atoms with E-state index in [1.54, 1.807) is 11.3 Å². The van der Waals surface area contributed by atoms with E-state index in [1.165, 1.54) is 16.6 Å². The van der Waals surface area contributed by atoms with Crippen LogP contribution in [0.5, 0.6) is 0 Å². The molecule has 0 spiro atoms. The van der Waals surface area contributed by atoms with E-state index in [1.807, 2.05) is 0 Å². The molecule has 0 saturated heterocycles. The van der Waals surface area contributed by atoms with E-state index in [0.29, 0.717) is 35.7 Å². The Morgan fingerprint density at radius 2 is 2.08 bits per heavy atom. The van der Waals surface area contributed by atoms with Gasteiger partial charge in [-0.3, -0.25) is 9.59 Å². The monoisotopic (exact) mass is 395 g/mol. The van der Waals surface area contributed by atoms with Gasteiger partial charge in [0.1, 0.15) is 10.7 Å². The summed E-state index contributed by atoms with van der Waals surface area (Å²) in [5.74, 6) is 2.55. The van der Waals surface area contributed by atoms with E-state index in [2.05, 4.69) is 49.9 Å². The fourth-order valence-corrected chi connectivity index (χ4v) is 4.43. The van der Waals surface area contributed by atoms with Crippen LogP contribution in [-0.2, 0) is 17.0 Å². The van der Waals surface area contributed by atoms with Crippen LogP contribution in [-0.4, -0.2) is 28.2 Å². The van der Waals surface area contributed by atoms with Gasteiger partial charge in [0.15, 0.2) is 0 Å². The van der Waals surface area contributed by atoms with Gasteiger partial charge in [0.05, 0.1) is 16.9 Å². The molecule has 0 aliphatic rings. The zero-order valence-electron chi connectivity index (χ0n) is 16.3. The van der Waals surface area contributed by atoms with Crippen molar-refractivity contribution in [3.8, 4) is 0 Å². The second kappa shape index (κ2) is 9.55. The SMILES string of the molecule is CC[C@@H](C)Cc1c(C)sc2nc(CSCC(=O)NCC(C)C)[nH]c(=O)c12. The molecule has 0 fully saturated rings. The maximum Gasteiger partial charge on any atom is 0.259 e. The van der Waals surface area contributed by atoms with Crippen LogP contribution >= 0.6 is 23.1 Å². The van der Waals surface area contributed by atoms with Gasteiger partial charge in [0.25, 0.3) is 5.56 Å². The highest BCUT2D eigenvalue weighted by Crippen LogP contribution is 2.29. The molecule has 2 N–H and O–H groups in total. The van der Waals surface area contributed by atoms with Gasteiger partial charge in [-0.25, -0.2) is 4.98 Å². The average Bonchev–Trinajstić information content (AvgIpc) is 2.88. The molecule has 2 heterocycles. The smallest absolute Gasteiger partial charge is 0.259 e. The minimum atomic E-state index is -0.0579. The number of thioether (sulfide) groups is 1. The van der Waals surface area contributed by atoms with Crippen LogP contribution < -0.4 is 10.9 Å². The topological polar surface area (TPSA) is 74.8 Å². The molecular weight excluding hydrogens is 366 g/mol. The standard InChI is InChI=1S/C19H29N3O2S2/c1-6-12(4)7-14-13(5)26-19-17(14)18(24)21-15(22-19)9-25-10-16(23)20-8-11(2)3/h11-12H,6-10H2,1-5H3,(H,20,23)(H,21,22,24)/t12-/m1/s1. The summed E-state index contributed by atoms with van der Waals surface area (Å²) in [7, 11) is 0. The first-order valence-electron chi connectivity index (χ1n) is 9.17. The molecule has 7 heteroatoms. The fraction of sp³-hybridized carbons (Fsp3) is 0.632. The van der Waals surface area contributed by atoms with Crippen LogP contribution in [0.2, 0.25) is 0 Å². The Kier molecular flexibility index (Phi) is 7.70. The summed E-state index contributed by atoms with van der Waals surface area (Å²) in [6.45, 7) is 11.3. The largest absolute Gasteiger partial charge is 0.355 e. The number of hydrogen-bond donors (Lipinski definition) is 2. The highest BCUT2D eigenvalue weighted by molar-refractivity contribution is 7.99. The lowest BCUT2D eigenvalue weighted by Crippen LogP contribution is -2.28. The lowest BCUT2D eigenvalue weighted by molar-refractivity contribution is -0.118. The quantitative estimate of drug-likeness (QED) is 0.675. The van der Waals surface area contributed by atoms with Crippen LogP contribution in [0.4, 0.5) is 0 Å². The Bertz CT molecular complexity index is 811. The number of rotatable bonds is 9. The van der Waals surface area contributed by atoms with Crippen molar-refractivity contribution in [1.29, 1.82) is 0 Å². The fourth-order valence-electron chi connectivity index (χ4n) is 2.64. The third-order valence-corrected chi connectivity index (χ3v) is 6.33. The van der Waals surface area contributed by atoms with Gasteiger partial charge in [-0.1, -0.05) is 34.1 Å². The molecule has 0 unspecified atom stereocenters. The zero-order chi connectivity index (χ0) is 19.3. The lowest BCUT2D eigenvalue weighted by atomic mass is 9.98. The van der Waals surface area contributed by atoms with Gasteiger partial charge in [-0.2, -0.15) is 0 Å². The molecule has 144 valence electrons. The predicted molar refractivity (Wildman–Crippen MR) is 112 cm³/mol. The van der Waals surface area contributed by atoms with E-state index < -0.39 is 0 Å². The van der Waals surface area contributed by atoms with Gasteiger partial charge < -0.3 is 10.3 Å². The number of aryl methyl sites for hydroxylation is 1. The van der Waals surface area contributed by atoms with Crippen LogP contribution in [0.1, 0.15) is 50.4 Å². The molecule has 1 atom stereocenters. The number of amides is 1. The number of nitrogens with zero attached hydrogens (tertiary/aromatic N) is 1. The Morgan fingerprint density at radius 1 is 1.35 bits per heavy atom. The molecule has 0 aromatic carbocycles. The number of H-pyrrole nitrogens is 1. The Hall–Kier alpha value is -1.34. The number of aromatic amines is 1. The molecule has 1 amide bonds. The molecule has 26 heavy (non-hydrogen) atoms. The molecule has 2 rings (SSSR count). The maximum atomic E-state index is 12.6. The van der Waals surface area contributed by atoms with Gasteiger partial charge in [-0.05, 0) is 30.7 Å². The first-order valence-corrected chi connectivity index (χ1v) is 11.1. The van der Waals surface area contributed by atoms with Crippen molar-refractivity contribution >= 4 is 39.2 Å². The number of thiophene rings is 1. The molecular formula is C19H29N3O2S2. The molecule has 0 radical (unpaired) electrons. The van der Waals surface area contributed by atoms with Crippen molar-refractivity contribution in [2.75, 3.05) is 12.3 Å². The van der Waals surface area contributed by atoms with Crippen LogP contribution in [0.15, 0.2) is 4.79 Å². The minimum absolute atomic E-state index is 0.0231. The first kappa shape index (κ1) is 21.0.